The zero-order chi connectivity index (χ0) is 16.1. The number of rotatable bonds is 6. The molecule has 2 aromatic rings. The Bertz CT molecular complexity index is 630. The molecule has 1 atom stereocenters. The Balaban J connectivity index is 2.14. The van der Waals surface area contributed by atoms with E-state index in [-0.39, 0.29) is 11.7 Å². The molecule has 1 aromatic heterocycles. The van der Waals surface area contributed by atoms with Crippen LogP contribution in [-0.4, -0.2) is 29.7 Å². The summed E-state index contributed by atoms with van der Waals surface area (Å²) in [5.41, 5.74) is 0.618. The number of aliphatic hydroxyl groups is 1. The van der Waals surface area contributed by atoms with E-state index in [1.54, 1.807) is 12.1 Å². The van der Waals surface area contributed by atoms with Crippen LogP contribution < -0.4 is 10.6 Å². The molecule has 6 heteroatoms. The molecule has 0 spiro atoms. The molecule has 1 heterocycles. The van der Waals surface area contributed by atoms with Gasteiger partial charge < -0.3 is 20.2 Å². The SMILES string of the molecule is CC(C)C[C@H](NC(=O)c1cc2ccccc2o1)C(=O)NCO. The summed E-state index contributed by atoms with van der Waals surface area (Å²) < 4.78 is 5.48. The normalized spacial score (nSPS) is 12.4. The lowest BCUT2D eigenvalue weighted by Crippen LogP contribution is -2.47. The second-order valence-electron chi connectivity index (χ2n) is 5.50. The molecular formula is C16H20N2O4. The molecule has 0 radical (unpaired) electrons. The summed E-state index contributed by atoms with van der Waals surface area (Å²) in [5, 5.41) is 14.6. The summed E-state index contributed by atoms with van der Waals surface area (Å²) in [6, 6.07) is 8.23. The van der Waals surface area contributed by atoms with Crippen molar-refractivity contribution < 1.29 is 19.1 Å². The third-order valence-electron chi connectivity index (χ3n) is 3.23. The van der Waals surface area contributed by atoms with E-state index in [2.05, 4.69) is 10.6 Å². The van der Waals surface area contributed by atoms with Crippen LogP contribution in [0.2, 0.25) is 0 Å². The second kappa shape index (κ2) is 7.09. The van der Waals surface area contributed by atoms with Crippen LogP contribution in [0.3, 0.4) is 0 Å². The van der Waals surface area contributed by atoms with Gasteiger partial charge in [0.1, 0.15) is 18.4 Å². The summed E-state index contributed by atoms with van der Waals surface area (Å²) >= 11 is 0. The standard InChI is InChI=1S/C16H20N2O4/c1-10(2)7-12(15(20)17-9-19)18-16(21)14-8-11-5-3-4-6-13(11)22-14/h3-6,8,10,12,19H,7,9H2,1-2H3,(H,17,20)(H,18,21)/t12-/m0/s1. The minimum absolute atomic E-state index is 0.159. The average molecular weight is 304 g/mol. The molecule has 6 nitrogen and oxygen atoms in total. The molecule has 0 aliphatic heterocycles. The lowest BCUT2D eigenvalue weighted by atomic mass is 10.0. The number of carbonyl (C=O) groups excluding carboxylic acids is 2. The molecule has 118 valence electrons. The van der Waals surface area contributed by atoms with E-state index in [0.717, 1.165) is 5.39 Å². The minimum Gasteiger partial charge on any atom is -0.451 e. The van der Waals surface area contributed by atoms with Gasteiger partial charge in [0.05, 0.1) is 0 Å². The highest BCUT2D eigenvalue weighted by molar-refractivity contribution is 5.98. The highest BCUT2D eigenvalue weighted by Crippen LogP contribution is 2.19. The molecule has 2 rings (SSSR count). The molecule has 0 aliphatic carbocycles. The van der Waals surface area contributed by atoms with Crippen molar-refractivity contribution in [3.63, 3.8) is 0 Å². The van der Waals surface area contributed by atoms with Crippen LogP contribution in [0.1, 0.15) is 30.8 Å². The molecule has 3 N–H and O–H groups in total. The summed E-state index contributed by atoms with van der Waals surface area (Å²) in [4.78, 5) is 24.2. The van der Waals surface area contributed by atoms with Crippen LogP contribution in [0, 0.1) is 5.92 Å². The number of hydrogen-bond donors (Lipinski definition) is 3. The Morgan fingerprint density at radius 2 is 2.00 bits per heavy atom. The van der Waals surface area contributed by atoms with E-state index in [0.29, 0.717) is 12.0 Å². The number of nitrogens with one attached hydrogen (secondary N) is 2. The second-order valence-corrected chi connectivity index (χ2v) is 5.50. The molecular weight excluding hydrogens is 284 g/mol. The van der Waals surface area contributed by atoms with Crippen molar-refractivity contribution in [3.05, 3.63) is 36.1 Å². The molecule has 0 fully saturated rings. The number of carbonyl (C=O) groups is 2. The van der Waals surface area contributed by atoms with Gasteiger partial charge in [0.2, 0.25) is 5.91 Å². The molecule has 0 aliphatic rings. The summed E-state index contributed by atoms with van der Waals surface area (Å²) in [7, 11) is 0. The van der Waals surface area contributed by atoms with Gasteiger partial charge in [-0.2, -0.15) is 0 Å². The van der Waals surface area contributed by atoms with E-state index < -0.39 is 24.6 Å². The number of benzene rings is 1. The zero-order valence-corrected chi connectivity index (χ0v) is 12.6. The van der Waals surface area contributed by atoms with Crippen LogP contribution in [-0.2, 0) is 4.79 Å². The van der Waals surface area contributed by atoms with Gasteiger partial charge in [0, 0.05) is 5.39 Å². The molecule has 22 heavy (non-hydrogen) atoms. The Morgan fingerprint density at radius 1 is 1.27 bits per heavy atom. The van der Waals surface area contributed by atoms with Crippen molar-refractivity contribution >= 4 is 22.8 Å². The Kier molecular flexibility index (Phi) is 5.16. The monoisotopic (exact) mass is 304 g/mol. The van der Waals surface area contributed by atoms with E-state index in [4.69, 9.17) is 9.52 Å². The smallest absolute Gasteiger partial charge is 0.287 e. The molecule has 0 saturated heterocycles. The zero-order valence-electron chi connectivity index (χ0n) is 12.6. The van der Waals surface area contributed by atoms with Gasteiger partial charge in [-0.05, 0) is 24.5 Å². The van der Waals surface area contributed by atoms with Gasteiger partial charge in [0.25, 0.3) is 5.91 Å². The summed E-state index contributed by atoms with van der Waals surface area (Å²) in [5.74, 6) is -0.493. The van der Waals surface area contributed by atoms with Crippen molar-refractivity contribution in [1.82, 2.24) is 10.6 Å². The van der Waals surface area contributed by atoms with Gasteiger partial charge in [-0.15, -0.1) is 0 Å². The molecule has 1 aromatic carbocycles. The summed E-state index contributed by atoms with van der Waals surface area (Å²) in [6.45, 7) is 3.44. The molecule has 2 amide bonds. The van der Waals surface area contributed by atoms with Crippen molar-refractivity contribution in [2.75, 3.05) is 6.73 Å². The van der Waals surface area contributed by atoms with Crippen molar-refractivity contribution in [1.29, 1.82) is 0 Å². The quantitative estimate of drug-likeness (QED) is 0.708. The van der Waals surface area contributed by atoms with Gasteiger partial charge in [-0.1, -0.05) is 32.0 Å². The first-order valence-corrected chi connectivity index (χ1v) is 7.19. The number of furan rings is 1. The van der Waals surface area contributed by atoms with Gasteiger partial charge in [0.15, 0.2) is 5.76 Å². The topological polar surface area (TPSA) is 91.6 Å². The van der Waals surface area contributed by atoms with Gasteiger partial charge in [-0.25, -0.2) is 0 Å². The maximum absolute atomic E-state index is 12.3. The highest BCUT2D eigenvalue weighted by Gasteiger charge is 2.23. The first kappa shape index (κ1) is 16.0. The minimum atomic E-state index is -0.715. The van der Waals surface area contributed by atoms with E-state index >= 15 is 0 Å². The van der Waals surface area contributed by atoms with E-state index in [1.807, 2.05) is 32.0 Å². The lowest BCUT2D eigenvalue weighted by Gasteiger charge is -2.18. The summed E-state index contributed by atoms with van der Waals surface area (Å²) in [6.07, 6.45) is 0.470. The predicted molar refractivity (Wildman–Crippen MR) is 82.2 cm³/mol. The van der Waals surface area contributed by atoms with Crippen molar-refractivity contribution in [2.45, 2.75) is 26.3 Å². The van der Waals surface area contributed by atoms with Crippen LogP contribution in [0.25, 0.3) is 11.0 Å². The lowest BCUT2D eigenvalue weighted by molar-refractivity contribution is -0.124. The van der Waals surface area contributed by atoms with E-state index in [9.17, 15) is 9.59 Å². The fourth-order valence-corrected chi connectivity index (χ4v) is 2.23. The molecule has 0 bridgehead atoms. The highest BCUT2D eigenvalue weighted by atomic mass is 16.3. The van der Waals surface area contributed by atoms with Crippen LogP contribution in [0.5, 0.6) is 0 Å². The number of fused-ring (bicyclic) bond motifs is 1. The fourth-order valence-electron chi connectivity index (χ4n) is 2.23. The average Bonchev–Trinajstić information content (AvgIpc) is 2.90. The molecule has 0 saturated carbocycles. The van der Waals surface area contributed by atoms with Crippen molar-refractivity contribution in [3.8, 4) is 0 Å². The fraction of sp³-hybridized carbons (Fsp3) is 0.375. The first-order chi connectivity index (χ1) is 10.5. The van der Waals surface area contributed by atoms with Gasteiger partial charge in [-0.3, -0.25) is 9.59 Å². The molecule has 0 unspecified atom stereocenters. The maximum atomic E-state index is 12.3. The maximum Gasteiger partial charge on any atom is 0.287 e. The predicted octanol–water partition coefficient (Wildman–Crippen LogP) is 1.64. The third kappa shape index (κ3) is 3.85. The third-order valence-corrected chi connectivity index (χ3v) is 3.23. The van der Waals surface area contributed by atoms with Gasteiger partial charge >= 0.3 is 0 Å². The Hall–Kier alpha value is -2.34. The number of hydrogen-bond acceptors (Lipinski definition) is 4. The Morgan fingerprint density at radius 3 is 2.64 bits per heavy atom. The van der Waals surface area contributed by atoms with E-state index in [1.165, 1.54) is 0 Å². The van der Waals surface area contributed by atoms with Crippen molar-refractivity contribution in [2.24, 2.45) is 5.92 Å². The number of para-hydroxylation sites is 1. The van der Waals surface area contributed by atoms with Crippen LogP contribution >= 0.6 is 0 Å². The largest absolute Gasteiger partial charge is 0.451 e. The first-order valence-electron chi connectivity index (χ1n) is 7.19. The Labute approximate surface area is 128 Å². The number of aliphatic hydroxyl groups excluding tert-OH is 1. The van der Waals surface area contributed by atoms with Crippen LogP contribution in [0.15, 0.2) is 34.7 Å². The number of amides is 2. The van der Waals surface area contributed by atoms with Crippen LogP contribution in [0.4, 0.5) is 0 Å².